The van der Waals surface area contributed by atoms with E-state index in [2.05, 4.69) is 4.90 Å². The Bertz CT molecular complexity index is 475. The molecule has 5 fully saturated rings. The molecule has 4 aliphatic carbocycles. The van der Waals surface area contributed by atoms with Crippen LogP contribution in [0.2, 0.25) is 0 Å². The highest BCUT2D eigenvalue weighted by atomic mass is 16.4. The summed E-state index contributed by atoms with van der Waals surface area (Å²) in [5.41, 5.74) is 0.452. The zero-order valence-electron chi connectivity index (χ0n) is 14.6. The number of amides is 1. The molecule has 1 aliphatic heterocycles. The van der Waals surface area contributed by atoms with Gasteiger partial charge >= 0.3 is 5.97 Å². The Morgan fingerprint density at radius 2 is 1.42 bits per heavy atom. The number of carboxylic acid groups (broad SMARTS) is 1. The number of aliphatic carboxylic acids is 1. The monoisotopic (exact) mass is 334 g/mol. The fourth-order valence-corrected chi connectivity index (χ4v) is 6.43. The second-order valence-corrected chi connectivity index (χ2v) is 8.76. The Balaban J connectivity index is 1.30. The third-order valence-corrected chi connectivity index (χ3v) is 7.09. The first-order chi connectivity index (χ1) is 11.5. The van der Waals surface area contributed by atoms with Crippen LogP contribution in [0, 0.1) is 17.8 Å². The molecule has 0 atom stereocenters. The largest absolute Gasteiger partial charge is 0.481 e. The second-order valence-electron chi connectivity index (χ2n) is 8.76. The molecule has 1 amide bonds. The van der Waals surface area contributed by atoms with E-state index in [4.69, 9.17) is 5.11 Å². The standard InChI is InChI=1S/C19H30N2O3/c22-17(2-1-3-18(23)24)20-4-6-21(7-5-20)19-11-14-8-15(12-19)10-16(9-14)13-19/h14-16H,1-13H2,(H,23,24). The fraction of sp³-hybridized carbons (Fsp3) is 0.895. The van der Waals surface area contributed by atoms with Crippen LogP contribution in [-0.4, -0.2) is 58.5 Å². The summed E-state index contributed by atoms with van der Waals surface area (Å²) in [5, 5.41) is 8.69. The lowest BCUT2D eigenvalue weighted by atomic mass is 9.52. The smallest absolute Gasteiger partial charge is 0.303 e. The Morgan fingerprint density at radius 3 is 1.92 bits per heavy atom. The van der Waals surface area contributed by atoms with E-state index >= 15 is 0 Å². The summed E-state index contributed by atoms with van der Waals surface area (Å²) in [6.07, 6.45) is 9.54. The normalized spacial score (nSPS) is 38.5. The highest BCUT2D eigenvalue weighted by molar-refractivity contribution is 5.77. The molecule has 0 radical (unpaired) electrons. The number of carbonyl (C=O) groups is 2. The molecule has 4 bridgehead atoms. The van der Waals surface area contributed by atoms with E-state index in [0.717, 1.165) is 43.9 Å². The van der Waals surface area contributed by atoms with Crippen molar-refractivity contribution in [3.8, 4) is 0 Å². The molecular weight excluding hydrogens is 304 g/mol. The predicted octanol–water partition coefficient (Wildman–Crippen LogP) is 2.35. The molecule has 0 aromatic rings. The van der Waals surface area contributed by atoms with Crippen LogP contribution in [0.4, 0.5) is 0 Å². The first-order valence-electron chi connectivity index (χ1n) is 9.79. The van der Waals surface area contributed by atoms with Crippen molar-refractivity contribution in [1.82, 2.24) is 9.80 Å². The van der Waals surface area contributed by atoms with Crippen LogP contribution in [0.5, 0.6) is 0 Å². The van der Waals surface area contributed by atoms with Gasteiger partial charge in [0.25, 0.3) is 0 Å². The Kier molecular flexibility index (Phi) is 4.31. The predicted molar refractivity (Wildman–Crippen MR) is 90.5 cm³/mol. The molecule has 0 spiro atoms. The molecular formula is C19H30N2O3. The van der Waals surface area contributed by atoms with Crippen molar-refractivity contribution < 1.29 is 14.7 Å². The van der Waals surface area contributed by atoms with Gasteiger partial charge in [0.15, 0.2) is 0 Å². The van der Waals surface area contributed by atoms with Gasteiger partial charge in [0.05, 0.1) is 0 Å². The summed E-state index contributed by atoms with van der Waals surface area (Å²) in [7, 11) is 0. The third-order valence-electron chi connectivity index (χ3n) is 7.09. The molecule has 0 aromatic carbocycles. The van der Waals surface area contributed by atoms with Crippen LogP contribution in [0.1, 0.15) is 57.8 Å². The van der Waals surface area contributed by atoms with E-state index in [1.807, 2.05) is 4.90 Å². The number of piperazine rings is 1. The van der Waals surface area contributed by atoms with E-state index in [0.29, 0.717) is 18.4 Å². The fourth-order valence-electron chi connectivity index (χ4n) is 6.43. The molecule has 5 nitrogen and oxygen atoms in total. The molecule has 134 valence electrons. The van der Waals surface area contributed by atoms with Crippen LogP contribution in [0.3, 0.4) is 0 Å². The van der Waals surface area contributed by atoms with Gasteiger partial charge in [0.2, 0.25) is 5.91 Å². The van der Waals surface area contributed by atoms with Crippen molar-refractivity contribution in [2.45, 2.75) is 63.3 Å². The number of rotatable bonds is 5. The maximum Gasteiger partial charge on any atom is 0.303 e. The first-order valence-corrected chi connectivity index (χ1v) is 9.79. The third kappa shape index (κ3) is 3.07. The zero-order chi connectivity index (χ0) is 16.7. The van der Waals surface area contributed by atoms with Crippen molar-refractivity contribution in [2.75, 3.05) is 26.2 Å². The van der Waals surface area contributed by atoms with Crippen LogP contribution in [0.25, 0.3) is 0 Å². The zero-order valence-corrected chi connectivity index (χ0v) is 14.6. The molecule has 1 N–H and O–H groups in total. The van der Waals surface area contributed by atoms with Gasteiger partial charge < -0.3 is 10.0 Å². The number of hydrogen-bond acceptors (Lipinski definition) is 3. The number of carbonyl (C=O) groups excluding carboxylic acids is 1. The Labute approximate surface area is 144 Å². The maximum absolute atomic E-state index is 12.2. The number of carboxylic acids is 1. The summed E-state index contributed by atoms with van der Waals surface area (Å²) in [5.74, 6) is 2.22. The molecule has 5 heteroatoms. The highest BCUT2D eigenvalue weighted by Crippen LogP contribution is 2.57. The van der Waals surface area contributed by atoms with E-state index in [9.17, 15) is 9.59 Å². The van der Waals surface area contributed by atoms with Crippen molar-refractivity contribution in [3.05, 3.63) is 0 Å². The first kappa shape index (κ1) is 16.4. The Hall–Kier alpha value is -1.10. The second kappa shape index (κ2) is 6.32. The molecule has 0 unspecified atom stereocenters. The van der Waals surface area contributed by atoms with Gasteiger partial charge in [-0.2, -0.15) is 0 Å². The van der Waals surface area contributed by atoms with E-state index in [1.165, 1.54) is 38.5 Å². The van der Waals surface area contributed by atoms with Gasteiger partial charge in [-0.1, -0.05) is 0 Å². The Morgan fingerprint density at radius 1 is 0.875 bits per heavy atom. The lowest BCUT2D eigenvalue weighted by molar-refractivity contribution is -0.139. The lowest BCUT2D eigenvalue weighted by Gasteiger charge is -2.61. The molecule has 5 aliphatic rings. The lowest BCUT2D eigenvalue weighted by Crippen LogP contribution is -2.64. The number of hydrogen-bond donors (Lipinski definition) is 1. The molecule has 4 saturated carbocycles. The minimum atomic E-state index is -0.811. The van der Waals surface area contributed by atoms with Crippen LogP contribution >= 0.6 is 0 Å². The molecule has 24 heavy (non-hydrogen) atoms. The minimum Gasteiger partial charge on any atom is -0.481 e. The molecule has 5 rings (SSSR count). The molecule has 1 heterocycles. The summed E-state index contributed by atoms with van der Waals surface area (Å²) in [6.45, 7) is 3.68. The quantitative estimate of drug-likeness (QED) is 0.838. The topological polar surface area (TPSA) is 60.9 Å². The van der Waals surface area contributed by atoms with Crippen molar-refractivity contribution in [3.63, 3.8) is 0 Å². The maximum atomic E-state index is 12.2. The van der Waals surface area contributed by atoms with Crippen molar-refractivity contribution in [1.29, 1.82) is 0 Å². The van der Waals surface area contributed by atoms with Gasteiger partial charge in [-0.25, -0.2) is 0 Å². The minimum absolute atomic E-state index is 0.0962. The summed E-state index contributed by atoms with van der Waals surface area (Å²) >= 11 is 0. The van der Waals surface area contributed by atoms with Crippen LogP contribution < -0.4 is 0 Å². The van der Waals surface area contributed by atoms with Gasteiger partial charge in [0, 0.05) is 44.6 Å². The van der Waals surface area contributed by atoms with Crippen molar-refractivity contribution >= 4 is 11.9 Å². The summed E-state index contributed by atoms with van der Waals surface area (Å²) < 4.78 is 0. The highest BCUT2D eigenvalue weighted by Gasteiger charge is 2.53. The van der Waals surface area contributed by atoms with E-state index in [-0.39, 0.29) is 12.3 Å². The van der Waals surface area contributed by atoms with Gasteiger partial charge in [-0.05, 0) is 62.7 Å². The van der Waals surface area contributed by atoms with Gasteiger partial charge in [0.1, 0.15) is 0 Å². The summed E-state index contributed by atoms with van der Waals surface area (Å²) in [6, 6.07) is 0. The molecule has 1 saturated heterocycles. The average molecular weight is 334 g/mol. The van der Waals surface area contributed by atoms with Crippen molar-refractivity contribution in [2.24, 2.45) is 17.8 Å². The summed E-state index contributed by atoms with van der Waals surface area (Å²) in [4.78, 5) is 27.5. The van der Waals surface area contributed by atoms with E-state index < -0.39 is 5.97 Å². The average Bonchev–Trinajstić information content (AvgIpc) is 2.53. The number of nitrogens with zero attached hydrogens (tertiary/aromatic N) is 2. The van der Waals surface area contributed by atoms with E-state index in [1.54, 1.807) is 0 Å². The van der Waals surface area contributed by atoms with Crippen LogP contribution in [-0.2, 0) is 9.59 Å². The van der Waals surface area contributed by atoms with Crippen LogP contribution in [0.15, 0.2) is 0 Å². The van der Waals surface area contributed by atoms with Gasteiger partial charge in [-0.15, -0.1) is 0 Å². The van der Waals surface area contributed by atoms with Gasteiger partial charge in [-0.3, -0.25) is 14.5 Å². The SMILES string of the molecule is O=C(O)CCCC(=O)N1CCN(C23CC4CC(CC(C4)C2)C3)CC1. The molecule has 0 aromatic heterocycles.